The normalized spacial score (nSPS) is 15.8. The van der Waals surface area contributed by atoms with E-state index in [1.807, 2.05) is 46.7 Å². The van der Waals surface area contributed by atoms with Crippen LogP contribution in [0.5, 0.6) is 0 Å². The van der Waals surface area contributed by atoms with E-state index in [0.29, 0.717) is 11.3 Å². The Bertz CT molecular complexity index is 664. The highest BCUT2D eigenvalue weighted by atomic mass is 32.1. The number of hydrogen-bond donors (Lipinski definition) is 1. The van der Waals surface area contributed by atoms with E-state index >= 15 is 0 Å². The molecule has 24 heavy (non-hydrogen) atoms. The van der Waals surface area contributed by atoms with Crippen LogP contribution in [0.4, 0.5) is 0 Å². The van der Waals surface area contributed by atoms with Crippen LogP contribution < -0.4 is 5.32 Å². The molecule has 2 heterocycles. The average Bonchev–Trinajstić information content (AvgIpc) is 3.17. The van der Waals surface area contributed by atoms with Crippen LogP contribution in [0, 0.1) is 0 Å². The van der Waals surface area contributed by atoms with E-state index in [2.05, 4.69) is 5.32 Å². The Hall–Kier alpha value is -2.14. The number of piperidine rings is 1. The number of rotatable bonds is 5. The van der Waals surface area contributed by atoms with Crippen LogP contribution in [0.3, 0.4) is 0 Å². The third kappa shape index (κ3) is 4.23. The third-order valence-electron chi connectivity index (χ3n) is 4.30. The van der Waals surface area contributed by atoms with Crippen molar-refractivity contribution in [2.45, 2.75) is 31.7 Å². The maximum atomic E-state index is 12.9. The number of carbonyl (C=O) groups excluding carboxylic acids is 2. The molecule has 1 fully saturated rings. The lowest BCUT2D eigenvalue weighted by atomic mass is 10.0. The Morgan fingerprint density at radius 3 is 2.46 bits per heavy atom. The highest BCUT2D eigenvalue weighted by Gasteiger charge is 2.27. The number of likely N-dealkylation sites (tertiary alicyclic amines) is 1. The van der Waals surface area contributed by atoms with E-state index < -0.39 is 6.04 Å². The Balaban J connectivity index is 1.74. The van der Waals surface area contributed by atoms with Crippen molar-refractivity contribution in [3.63, 3.8) is 0 Å². The van der Waals surface area contributed by atoms with Crippen LogP contribution >= 0.6 is 11.3 Å². The lowest BCUT2D eigenvalue weighted by molar-refractivity contribution is -0.134. The molecule has 1 aromatic carbocycles. The van der Waals surface area contributed by atoms with Crippen LogP contribution in [0.2, 0.25) is 0 Å². The third-order valence-corrected chi connectivity index (χ3v) is 5.17. The van der Waals surface area contributed by atoms with Crippen LogP contribution in [-0.2, 0) is 11.2 Å². The van der Waals surface area contributed by atoms with Crippen molar-refractivity contribution in [3.8, 4) is 0 Å². The van der Waals surface area contributed by atoms with Gasteiger partial charge in [0.2, 0.25) is 5.91 Å². The second-order valence-corrected chi connectivity index (χ2v) is 7.03. The topological polar surface area (TPSA) is 49.4 Å². The number of benzene rings is 1. The van der Waals surface area contributed by atoms with Gasteiger partial charge in [-0.15, -0.1) is 11.3 Å². The maximum absolute atomic E-state index is 12.9. The summed E-state index contributed by atoms with van der Waals surface area (Å²) in [7, 11) is 0. The fourth-order valence-corrected chi connectivity index (χ4v) is 3.65. The van der Waals surface area contributed by atoms with Gasteiger partial charge in [0.05, 0.1) is 4.88 Å². The summed E-state index contributed by atoms with van der Waals surface area (Å²) in [5, 5.41) is 4.81. The SMILES string of the molecule is O=C(N[C@H](Cc1ccccc1)C(=O)N1CCCCC1)c1cccs1. The first kappa shape index (κ1) is 16.7. The molecule has 126 valence electrons. The summed E-state index contributed by atoms with van der Waals surface area (Å²) in [6.07, 6.45) is 3.79. The van der Waals surface area contributed by atoms with Gasteiger partial charge >= 0.3 is 0 Å². The van der Waals surface area contributed by atoms with E-state index in [9.17, 15) is 9.59 Å². The van der Waals surface area contributed by atoms with Gasteiger partial charge in [-0.05, 0) is 36.3 Å². The second kappa shape index (κ2) is 8.11. The molecule has 1 atom stereocenters. The highest BCUT2D eigenvalue weighted by Crippen LogP contribution is 2.14. The average molecular weight is 342 g/mol. The predicted molar refractivity (Wildman–Crippen MR) is 96.2 cm³/mol. The highest BCUT2D eigenvalue weighted by molar-refractivity contribution is 7.12. The zero-order chi connectivity index (χ0) is 16.8. The summed E-state index contributed by atoms with van der Waals surface area (Å²) in [5.41, 5.74) is 1.05. The summed E-state index contributed by atoms with van der Waals surface area (Å²) in [6, 6.07) is 13.0. The van der Waals surface area contributed by atoms with Crippen molar-refractivity contribution < 1.29 is 9.59 Å². The monoisotopic (exact) mass is 342 g/mol. The summed E-state index contributed by atoms with van der Waals surface area (Å²) in [6.45, 7) is 1.58. The molecule has 0 spiro atoms. The molecule has 0 radical (unpaired) electrons. The molecule has 2 aromatic rings. The molecule has 1 N–H and O–H groups in total. The lowest BCUT2D eigenvalue weighted by Crippen LogP contribution is -2.50. The number of amides is 2. The molecule has 0 unspecified atom stereocenters. The molecule has 1 aliphatic rings. The van der Waals surface area contributed by atoms with Crippen LogP contribution in [0.1, 0.15) is 34.5 Å². The van der Waals surface area contributed by atoms with Gasteiger partial charge in [-0.3, -0.25) is 9.59 Å². The van der Waals surface area contributed by atoms with Crippen LogP contribution in [0.15, 0.2) is 47.8 Å². The zero-order valence-corrected chi connectivity index (χ0v) is 14.4. The van der Waals surface area contributed by atoms with E-state index in [1.165, 1.54) is 17.8 Å². The Morgan fingerprint density at radius 2 is 1.79 bits per heavy atom. The Morgan fingerprint density at radius 1 is 1.04 bits per heavy atom. The van der Waals surface area contributed by atoms with Gasteiger partial charge < -0.3 is 10.2 Å². The molecule has 0 bridgehead atoms. The predicted octanol–water partition coefficient (Wildman–Crippen LogP) is 3.10. The minimum absolute atomic E-state index is 0.0310. The molecule has 4 nitrogen and oxygen atoms in total. The maximum Gasteiger partial charge on any atom is 0.262 e. The number of hydrogen-bond acceptors (Lipinski definition) is 3. The summed E-state index contributed by atoms with van der Waals surface area (Å²) in [4.78, 5) is 27.9. The zero-order valence-electron chi connectivity index (χ0n) is 13.6. The minimum Gasteiger partial charge on any atom is -0.341 e. The van der Waals surface area contributed by atoms with Crippen molar-refractivity contribution in [3.05, 3.63) is 58.3 Å². The summed E-state index contributed by atoms with van der Waals surface area (Å²) in [5.74, 6) is -0.139. The largest absolute Gasteiger partial charge is 0.341 e. The van der Waals surface area contributed by atoms with Crippen molar-refractivity contribution in [1.82, 2.24) is 10.2 Å². The first-order chi connectivity index (χ1) is 11.7. The molecular formula is C19H22N2O2S. The number of carbonyl (C=O) groups is 2. The number of nitrogens with zero attached hydrogens (tertiary/aromatic N) is 1. The minimum atomic E-state index is -0.514. The number of nitrogens with one attached hydrogen (secondary N) is 1. The lowest BCUT2D eigenvalue weighted by Gasteiger charge is -2.30. The smallest absolute Gasteiger partial charge is 0.262 e. The van der Waals surface area contributed by atoms with Gasteiger partial charge in [0.1, 0.15) is 6.04 Å². The van der Waals surface area contributed by atoms with Crippen molar-refractivity contribution in [2.75, 3.05) is 13.1 Å². The summed E-state index contributed by atoms with van der Waals surface area (Å²) >= 11 is 1.39. The van der Waals surface area contributed by atoms with Crippen molar-refractivity contribution in [2.24, 2.45) is 0 Å². The first-order valence-electron chi connectivity index (χ1n) is 8.41. The second-order valence-electron chi connectivity index (χ2n) is 6.08. The Labute approximate surface area is 146 Å². The van der Waals surface area contributed by atoms with Gasteiger partial charge in [-0.1, -0.05) is 36.4 Å². The molecule has 0 aliphatic carbocycles. The van der Waals surface area contributed by atoms with Crippen molar-refractivity contribution in [1.29, 1.82) is 0 Å². The molecule has 1 aliphatic heterocycles. The van der Waals surface area contributed by atoms with Crippen molar-refractivity contribution >= 4 is 23.2 Å². The first-order valence-corrected chi connectivity index (χ1v) is 9.29. The van der Waals surface area contributed by atoms with Gasteiger partial charge in [0.25, 0.3) is 5.91 Å². The standard InChI is InChI=1S/C19H22N2O2S/c22-18(17-10-7-13-24-17)20-16(14-15-8-3-1-4-9-15)19(23)21-11-5-2-6-12-21/h1,3-4,7-10,13,16H,2,5-6,11-12,14H2,(H,20,22)/t16-/m1/s1. The van der Waals surface area contributed by atoms with E-state index in [0.717, 1.165) is 31.5 Å². The van der Waals surface area contributed by atoms with Gasteiger partial charge in [-0.2, -0.15) is 0 Å². The van der Waals surface area contributed by atoms with Gasteiger partial charge in [0, 0.05) is 19.5 Å². The molecule has 0 saturated carbocycles. The van der Waals surface area contributed by atoms with E-state index in [-0.39, 0.29) is 11.8 Å². The molecule has 5 heteroatoms. The Kier molecular flexibility index (Phi) is 5.64. The molecule has 1 saturated heterocycles. The molecule has 1 aromatic heterocycles. The van der Waals surface area contributed by atoms with Gasteiger partial charge in [-0.25, -0.2) is 0 Å². The van der Waals surface area contributed by atoms with Crippen LogP contribution in [-0.4, -0.2) is 35.8 Å². The fraction of sp³-hybridized carbons (Fsp3) is 0.368. The van der Waals surface area contributed by atoms with Gasteiger partial charge in [0.15, 0.2) is 0 Å². The quantitative estimate of drug-likeness (QED) is 0.908. The molecule has 2 amide bonds. The van der Waals surface area contributed by atoms with Crippen LogP contribution in [0.25, 0.3) is 0 Å². The fourth-order valence-electron chi connectivity index (χ4n) is 3.02. The summed E-state index contributed by atoms with van der Waals surface area (Å²) < 4.78 is 0. The molecular weight excluding hydrogens is 320 g/mol. The van der Waals surface area contributed by atoms with E-state index in [4.69, 9.17) is 0 Å². The number of thiophene rings is 1. The van der Waals surface area contributed by atoms with E-state index in [1.54, 1.807) is 6.07 Å². The molecule has 3 rings (SSSR count).